The number of hydrogen-bond acceptors (Lipinski definition) is 2. The average molecular weight is 283 g/mol. The van der Waals surface area contributed by atoms with Gasteiger partial charge in [0.1, 0.15) is 6.04 Å². The van der Waals surface area contributed by atoms with Crippen LogP contribution in [0.5, 0.6) is 0 Å². The minimum atomic E-state index is -0.221. The Kier molecular flexibility index (Phi) is 5.43. The van der Waals surface area contributed by atoms with E-state index in [0.717, 1.165) is 25.9 Å². The molecule has 0 aromatic heterocycles. The van der Waals surface area contributed by atoms with Crippen molar-refractivity contribution in [3.05, 3.63) is 0 Å². The third-order valence-electron chi connectivity index (χ3n) is 4.08. The van der Waals surface area contributed by atoms with Gasteiger partial charge in [-0.3, -0.25) is 4.79 Å². The van der Waals surface area contributed by atoms with Gasteiger partial charge in [-0.25, -0.2) is 0 Å². The van der Waals surface area contributed by atoms with Gasteiger partial charge in [-0.2, -0.15) is 0 Å². The van der Waals surface area contributed by atoms with Crippen LogP contribution in [0.25, 0.3) is 0 Å². The van der Waals surface area contributed by atoms with E-state index in [2.05, 4.69) is 10.6 Å². The molecule has 0 spiro atoms. The first-order valence-electron chi connectivity index (χ1n) is 7.52. The van der Waals surface area contributed by atoms with E-state index in [9.17, 15) is 4.79 Å². The smallest absolute Gasteiger partial charge is 0.244 e. The third-order valence-corrected chi connectivity index (χ3v) is 4.31. The summed E-state index contributed by atoms with van der Waals surface area (Å²) < 4.78 is 0. The minimum Gasteiger partial charge on any atom is -0.360 e. The van der Waals surface area contributed by atoms with Crippen LogP contribution in [-0.2, 0) is 4.79 Å². The molecular formula is C14H25N3OS. The summed E-state index contributed by atoms with van der Waals surface area (Å²) in [6.45, 7) is 3.69. The molecule has 0 aromatic carbocycles. The van der Waals surface area contributed by atoms with Crippen molar-refractivity contribution in [1.29, 1.82) is 0 Å². The summed E-state index contributed by atoms with van der Waals surface area (Å²) in [5.74, 6) is 0.172. The van der Waals surface area contributed by atoms with Crippen LogP contribution in [0.1, 0.15) is 51.9 Å². The number of carbonyl (C=O) groups excluding carboxylic acids is 1. The monoisotopic (exact) mass is 283 g/mol. The van der Waals surface area contributed by atoms with Gasteiger partial charge in [0, 0.05) is 19.1 Å². The van der Waals surface area contributed by atoms with E-state index in [1.807, 2.05) is 11.8 Å². The van der Waals surface area contributed by atoms with E-state index in [1.165, 1.54) is 32.1 Å². The molecule has 0 aromatic rings. The lowest BCUT2D eigenvalue weighted by Crippen LogP contribution is -2.51. The second-order valence-electron chi connectivity index (χ2n) is 5.71. The number of rotatable bonds is 3. The fourth-order valence-corrected chi connectivity index (χ4v) is 3.29. The zero-order valence-corrected chi connectivity index (χ0v) is 12.6. The normalized spacial score (nSPS) is 22.1. The first-order valence-corrected chi connectivity index (χ1v) is 7.93. The second kappa shape index (κ2) is 7.08. The molecule has 1 unspecified atom stereocenters. The van der Waals surface area contributed by atoms with E-state index in [0.29, 0.717) is 11.2 Å². The van der Waals surface area contributed by atoms with Gasteiger partial charge in [-0.1, -0.05) is 19.3 Å². The van der Waals surface area contributed by atoms with Crippen LogP contribution < -0.4 is 10.6 Å². The Morgan fingerprint density at radius 1 is 1.16 bits per heavy atom. The van der Waals surface area contributed by atoms with E-state index < -0.39 is 0 Å². The number of thiocarbonyl (C=S) groups is 1. The summed E-state index contributed by atoms with van der Waals surface area (Å²) in [4.78, 5) is 14.1. The van der Waals surface area contributed by atoms with Crippen molar-refractivity contribution in [3.63, 3.8) is 0 Å². The molecule has 1 heterocycles. The van der Waals surface area contributed by atoms with E-state index in [-0.39, 0.29) is 11.9 Å². The summed E-state index contributed by atoms with van der Waals surface area (Å²) in [5.41, 5.74) is 0. The van der Waals surface area contributed by atoms with Crippen LogP contribution in [0.15, 0.2) is 0 Å². The number of likely N-dealkylation sites (tertiary alicyclic amines) is 1. The van der Waals surface area contributed by atoms with E-state index >= 15 is 0 Å². The van der Waals surface area contributed by atoms with Gasteiger partial charge in [0.25, 0.3) is 0 Å². The Labute approximate surface area is 121 Å². The molecular weight excluding hydrogens is 258 g/mol. The van der Waals surface area contributed by atoms with Gasteiger partial charge in [0.05, 0.1) is 0 Å². The molecule has 4 nitrogen and oxygen atoms in total. The van der Waals surface area contributed by atoms with Gasteiger partial charge < -0.3 is 15.5 Å². The summed E-state index contributed by atoms with van der Waals surface area (Å²) in [6.07, 6.45) is 8.53. The molecule has 1 saturated carbocycles. The average Bonchev–Trinajstić information content (AvgIpc) is 2.92. The Balaban J connectivity index is 1.72. The van der Waals surface area contributed by atoms with Crippen molar-refractivity contribution in [1.82, 2.24) is 15.5 Å². The predicted octanol–water partition coefficient (Wildman–Crippen LogP) is 1.79. The highest BCUT2D eigenvalue weighted by molar-refractivity contribution is 7.80. The van der Waals surface area contributed by atoms with Gasteiger partial charge in [-0.05, 0) is 44.8 Å². The number of carbonyl (C=O) groups is 1. The maximum Gasteiger partial charge on any atom is 0.244 e. The number of hydrogen-bond donors (Lipinski definition) is 2. The zero-order chi connectivity index (χ0) is 13.7. The molecule has 2 N–H and O–H groups in total. The van der Waals surface area contributed by atoms with Crippen LogP contribution >= 0.6 is 12.2 Å². The van der Waals surface area contributed by atoms with Crippen LogP contribution in [0.2, 0.25) is 0 Å². The minimum absolute atomic E-state index is 0.172. The van der Waals surface area contributed by atoms with Gasteiger partial charge in [0.15, 0.2) is 5.11 Å². The Hall–Kier alpha value is -0.840. The molecule has 1 aliphatic heterocycles. The number of nitrogens with one attached hydrogen (secondary N) is 2. The van der Waals surface area contributed by atoms with Crippen molar-refractivity contribution < 1.29 is 4.79 Å². The lowest BCUT2D eigenvalue weighted by atomic mass is 9.96. The molecule has 5 heteroatoms. The highest BCUT2D eigenvalue weighted by atomic mass is 32.1. The predicted molar refractivity (Wildman–Crippen MR) is 81.0 cm³/mol. The molecule has 2 aliphatic rings. The fourth-order valence-electron chi connectivity index (χ4n) is 2.94. The lowest BCUT2D eigenvalue weighted by molar-refractivity contribution is -0.131. The Bertz CT molecular complexity index is 323. The maximum atomic E-state index is 12.1. The van der Waals surface area contributed by atoms with Gasteiger partial charge in [0.2, 0.25) is 5.91 Å². The molecule has 108 valence electrons. The topological polar surface area (TPSA) is 44.4 Å². The summed E-state index contributed by atoms with van der Waals surface area (Å²) in [6, 6.07) is 0.268. The molecule has 19 heavy (non-hydrogen) atoms. The summed E-state index contributed by atoms with van der Waals surface area (Å²) in [5, 5.41) is 7.11. The number of amides is 1. The molecule has 0 radical (unpaired) electrons. The molecule has 1 aliphatic carbocycles. The van der Waals surface area contributed by atoms with Crippen LogP contribution in [0.3, 0.4) is 0 Å². The van der Waals surface area contributed by atoms with E-state index in [4.69, 9.17) is 12.2 Å². The summed E-state index contributed by atoms with van der Waals surface area (Å²) in [7, 11) is 0. The van der Waals surface area contributed by atoms with Crippen molar-refractivity contribution in [2.75, 3.05) is 13.1 Å². The Morgan fingerprint density at radius 3 is 2.42 bits per heavy atom. The van der Waals surface area contributed by atoms with E-state index in [1.54, 1.807) is 0 Å². The van der Waals surface area contributed by atoms with Gasteiger partial charge >= 0.3 is 0 Å². The molecule has 1 atom stereocenters. The SMILES string of the molecule is CC(NC(=S)NC1CCCCC1)C(=O)N1CCCC1. The lowest BCUT2D eigenvalue weighted by Gasteiger charge is -2.27. The molecule has 1 amide bonds. The third kappa shape index (κ3) is 4.34. The van der Waals surface area contributed by atoms with Crippen LogP contribution in [0, 0.1) is 0 Å². The van der Waals surface area contributed by atoms with Crippen LogP contribution in [-0.4, -0.2) is 41.1 Å². The zero-order valence-electron chi connectivity index (χ0n) is 11.8. The second-order valence-corrected chi connectivity index (χ2v) is 6.12. The van der Waals surface area contributed by atoms with Crippen molar-refractivity contribution in [2.24, 2.45) is 0 Å². The highest BCUT2D eigenvalue weighted by Gasteiger charge is 2.24. The van der Waals surface area contributed by atoms with Crippen molar-refractivity contribution >= 4 is 23.2 Å². The fraction of sp³-hybridized carbons (Fsp3) is 0.857. The standard InChI is InChI=1S/C14H25N3OS/c1-11(13(18)17-9-5-6-10-17)15-14(19)16-12-7-3-2-4-8-12/h11-12H,2-10H2,1H3,(H2,15,16,19). The quantitative estimate of drug-likeness (QED) is 0.775. The van der Waals surface area contributed by atoms with Crippen LogP contribution in [0.4, 0.5) is 0 Å². The summed E-state index contributed by atoms with van der Waals surface area (Å²) >= 11 is 5.31. The van der Waals surface area contributed by atoms with Crippen molar-refractivity contribution in [3.8, 4) is 0 Å². The largest absolute Gasteiger partial charge is 0.360 e. The highest BCUT2D eigenvalue weighted by Crippen LogP contribution is 2.17. The Morgan fingerprint density at radius 2 is 1.79 bits per heavy atom. The molecule has 2 fully saturated rings. The molecule has 0 bridgehead atoms. The van der Waals surface area contributed by atoms with Crippen molar-refractivity contribution in [2.45, 2.75) is 64.0 Å². The first kappa shape index (κ1) is 14.6. The first-order chi connectivity index (χ1) is 9.16. The van der Waals surface area contributed by atoms with Gasteiger partial charge in [-0.15, -0.1) is 0 Å². The molecule has 1 saturated heterocycles. The maximum absolute atomic E-state index is 12.1. The number of nitrogens with zero attached hydrogens (tertiary/aromatic N) is 1. The molecule has 2 rings (SSSR count).